The van der Waals surface area contributed by atoms with Gasteiger partial charge in [0.2, 0.25) is 0 Å². The van der Waals surface area contributed by atoms with Crippen molar-refractivity contribution in [2.45, 2.75) is 98.5 Å². The van der Waals surface area contributed by atoms with Crippen LogP contribution in [0.25, 0.3) is 0 Å². The Bertz CT molecular complexity index is 883. The smallest absolute Gasteiger partial charge is 0.185 e. The third-order valence-electron chi connectivity index (χ3n) is 6.46. The Labute approximate surface area is 198 Å². The Kier molecular flexibility index (Phi) is 11.9. The van der Waals surface area contributed by atoms with Crippen LogP contribution >= 0.6 is 0 Å². The Morgan fingerprint density at radius 1 is 0.848 bits per heavy atom. The summed E-state index contributed by atoms with van der Waals surface area (Å²) in [5.74, 6) is -0.860. The van der Waals surface area contributed by atoms with Crippen LogP contribution in [0.2, 0.25) is 0 Å². The Morgan fingerprint density at radius 3 is 1.94 bits per heavy atom. The van der Waals surface area contributed by atoms with Crippen LogP contribution < -0.4 is 0 Å². The maximum absolute atomic E-state index is 12.8. The van der Waals surface area contributed by atoms with E-state index in [0.29, 0.717) is 48.0 Å². The summed E-state index contributed by atoms with van der Waals surface area (Å²) in [6.07, 6.45) is 10.7. The topological polar surface area (TPSA) is 54.4 Å². The minimum atomic E-state index is -1.04. The van der Waals surface area contributed by atoms with Gasteiger partial charge in [-0.05, 0) is 99.0 Å². The molecule has 0 fully saturated rings. The first-order valence-electron chi connectivity index (χ1n) is 11.8. The number of rotatable bonds is 13. The lowest BCUT2D eigenvalue weighted by molar-refractivity contribution is -0.116. The SMILES string of the molecule is CC1=C(C)C(=O)C(CCC(C)(O)CC/C=C(\C)CC/C=C(\C)CC/C=C(\F)CF)=C(C)C1=O. The normalized spacial score (nSPS) is 18.4. The summed E-state index contributed by atoms with van der Waals surface area (Å²) in [5.41, 5.74) is 3.53. The van der Waals surface area contributed by atoms with E-state index in [9.17, 15) is 23.5 Å². The predicted molar refractivity (Wildman–Crippen MR) is 131 cm³/mol. The van der Waals surface area contributed by atoms with Crippen molar-refractivity contribution in [2.75, 3.05) is 6.67 Å². The van der Waals surface area contributed by atoms with Crippen LogP contribution in [-0.4, -0.2) is 28.9 Å². The summed E-state index contributed by atoms with van der Waals surface area (Å²) >= 11 is 0. The lowest BCUT2D eigenvalue weighted by Gasteiger charge is -2.25. The molecule has 0 heterocycles. The number of hydrogen-bond donors (Lipinski definition) is 1. The molecule has 184 valence electrons. The van der Waals surface area contributed by atoms with Gasteiger partial charge < -0.3 is 5.11 Å². The molecular formula is C28H40F2O3. The highest BCUT2D eigenvalue weighted by Crippen LogP contribution is 2.30. The quantitative estimate of drug-likeness (QED) is 0.229. The van der Waals surface area contributed by atoms with Crippen molar-refractivity contribution in [2.24, 2.45) is 0 Å². The van der Waals surface area contributed by atoms with Crippen LogP contribution in [0.1, 0.15) is 92.9 Å². The van der Waals surface area contributed by atoms with E-state index in [1.807, 2.05) is 6.92 Å². The highest BCUT2D eigenvalue weighted by atomic mass is 19.2. The van der Waals surface area contributed by atoms with Crippen molar-refractivity contribution in [3.63, 3.8) is 0 Å². The molecule has 1 rings (SSSR count). The van der Waals surface area contributed by atoms with E-state index >= 15 is 0 Å². The summed E-state index contributed by atoms with van der Waals surface area (Å²) in [5, 5.41) is 10.8. The molecule has 1 aliphatic rings. The second kappa shape index (κ2) is 13.5. The van der Waals surface area contributed by atoms with Crippen molar-refractivity contribution in [1.29, 1.82) is 0 Å². The minimum Gasteiger partial charge on any atom is -0.390 e. The molecule has 0 aromatic heterocycles. The number of carbonyl (C=O) groups excluding carboxylic acids is 2. The second-order valence-corrected chi connectivity index (χ2v) is 9.51. The second-order valence-electron chi connectivity index (χ2n) is 9.51. The molecule has 1 N–H and O–H groups in total. The van der Waals surface area contributed by atoms with Crippen LogP contribution in [0.3, 0.4) is 0 Å². The van der Waals surface area contributed by atoms with Gasteiger partial charge >= 0.3 is 0 Å². The summed E-state index contributed by atoms with van der Waals surface area (Å²) in [6.45, 7) is 9.88. The third-order valence-corrected chi connectivity index (χ3v) is 6.46. The fourth-order valence-corrected chi connectivity index (χ4v) is 3.87. The highest BCUT2D eigenvalue weighted by Gasteiger charge is 2.29. The lowest BCUT2D eigenvalue weighted by atomic mass is 9.82. The monoisotopic (exact) mass is 462 g/mol. The fourth-order valence-electron chi connectivity index (χ4n) is 3.87. The molecule has 0 bridgehead atoms. The average Bonchev–Trinajstić information content (AvgIpc) is 2.76. The van der Waals surface area contributed by atoms with Gasteiger partial charge in [-0.3, -0.25) is 9.59 Å². The number of aliphatic hydroxyl groups is 1. The molecule has 33 heavy (non-hydrogen) atoms. The lowest BCUT2D eigenvalue weighted by Crippen LogP contribution is -2.26. The zero-order valence-corrected chi connectivity index (χ0v) is 21.1. The van der Waals surface area contributed by atoms with Crippen molar-refractivity contribution in [3.05, 3.63) is 57.5 Å². The molecule has 3 nitrogen and oxygen atoms in total. The number of Topliss-reactive ketones (excluding diaryl/α,β-unsaturated/α-hetero) is 2. The largest absolute Gasteiger partial charge is 0.390 e. The number of carbonyl (C=O) groups is 2. The molecular weight excluding hydrogens is 422 g/mol. The molecule has 0 aromatic carbocycles. The van der Waals surface area contributed by atoms with Crippen molar-refractivity contribution < 1.29 is 23.5 Å². The summed E-state index contributed by atoms with van der Waals surface area (Å²) in [7, 11) is 0. The molecule has 1 atom stereocenters. The zero-order chi connectivity index (χ0) is 25.2. The Balaban J connectivity index is 2.47. The average molecular weight is 463 g/mol. The van der Waals surface area contributed by atoms with E-state index in [1.165, 1.54) is 11.6 Å². The number of alkyl halides is 1. The van der Waals surface area contributed by atoms with Gasteiger partial charge in [0.1, 0.15) is 12.5 Å². The molecule has 0 aliphatic heterocycles. The molecule has 1 aliphatic carbocycles. The zero-order valence-electron chi connectivity index (χ0n) is 21.1. The standard InChI is InChI=1S/C28H40F2O3/c1-19(12-8-14-24(30)18-29)10-7-11-20(2)13-9-16-28(6,33)17-15-25-23(5)26(31)21(3)22(4)27(25)32/h10,13-14,33H,7-9,11-12,15-18H2,1-6H3/b19-10+,20-13+,24-14-. The van der Waals surface area contributed by atoms with Crippen molar-refractivity contribution in [3.8, 4) is 0 Å². The minimum absolute atomic E-state index is 0.0759. The highest BCUT2D eigenvalue weighted by molar-refractivity contribution is 6.24. The van der Waals surface area contributed by atoms with Gasteiger partial charge in [0.05, 0.1) is 5.60 Å². The van der Waals surface area contributed by atoms with E-state index in [0.717, 1.165) is 31.3 Å². The van der Waals surface area contributed by atoms with E-state index in [2.05, 4.69) is 19.1 Å². The third kappa shape index (κ3) is 9.71. The van der Waals surface area contributed by atoms with Crippen molar-refractivity contribution >= 4 is 11.6 Å². The Morgan fingerprint density at radius 2 is 1.36 bits per heavy atom. The molecule has 0 saturated heterocycles. The first kappa shape index (κ1) is 28.9. The van der Waals surface area contributed by atoms with Crippen LogP contribution in [0.5, 0.6) is 0 Å². The van der Waals surface area contributed by atoms with Crippen LogP contribution in [0.4, 0.5) is 8.78 Å². The summed E-state index contributed by atoms with van der Waals surface area (Å²) < 4.78 is 24.8. The van der Waals surface area contributed by atoms with Gasteiger partial charge in [-0.25, -0.2) is 8.78 Å². The van der Waals surface area contributed by atoms with Crippen LogP contribution in [0, 0.1) is 0 Å². The molecule has 5 heteroatoms. The van der Waals surface area contributed by atoms with Gasteiger partial charge in [-0.15, -0.1) is 0 Å². The number of allylic oxidation sites excluding steroid dienone is 10. The van der Waals surface area contributed by atoms with E-state index in [4.69, 9.17) is 0 Å². The summed E-state index contributed by atoms with van der Waals surface area (Å²) in [4.78, 5) is 24.9. The van der Waals surface area contributed by atoms with Gasteiger partial charge in [0.25, 0.3) is 0 Å². The van der Waals surface area contributed by atoms with Crippen LogP contribution in [-0.2, 0) is 9.59 Å². The van der Waals surface area contributed by atoms with Gasteiger partial charge in [-0.1, -0.05) is 23.3 Å². The molecule has 0 saturated carbocycles. The Hall–Kier alpha value is -2.14. The van der Waals surface area contributed by atoms with Gasteiger partial charge in [0.15, 0.2) is 11.6 Å². The predicted octanol–water partition coefficient (Wildman–Crippen LogP) is 7.38. The molecule has 0 spiro atoms. The molecule has 0 amide bonds. The fraction of sp³-hybridized carbons (Fsp3) is 0.571. The number of ketones is 2. The van der Waals surface area contributed by atoms with Crippen LogP contribution in [0.15, 0.2) is 57.5 Å². The van der Waals surface area contributed by atoms with Gasteiger partial charge in [0, 0.05) is 22.3 Å². The number of hydrogen-bond acceptors (Lipinski definition) is 3. The first-order valence-corrected chi connectivity index (χ1v) is 11.8. The maximum Gasteiger partial charge on any atom is 0.185 e. The van der Waals surface area contributed by atoms with E-state index in [1.54, 1.807) is 27.7 Å². The molecule has 0 radical (unpaired) electrons. The summed E-state index contributed by atoms with van der Waals surface area (Å²) in [6, 6.07) is 0. The van der Waals surface area contributed by atoms with Gasteiger partial charge in [-0.2, -0.15) is 0 Å². The van der Waals surface area contributed by atoms with Crippen molar-refractivity contribution in [1.82, 2.24) is 0 Å². The van der Waals surface area contributed by atoms with E-state index in [-0.39, 0.29) is 11.6 Å². The van der Waals surface area contributed by atoms with E-state index < -0.39 is 18.1 Å². The molecule has 1 unspecified atom stereocenters. The maximum atomic E-state index is 12.8. The number of halogens is 2. The molecule has 0 aromatic rings. The first-order chi connectivity index (χ1) is 15.4.